The first kappa shape index (κ1) is 21.1. The highest BCUT2D eigenvalue weighted by atomic mass is 127. The van der Waals surface area contributed by atoms with Crippen LogP contribution >= 0.6 is 51.2 Å². The summed E-state index contributed by atoms with van der Waals surface area (Å²) in [7, 11) is 0. The van der Waals surface area contributed by atoms with Crippen molar-refractivity contribution in [3.63, 3.8) is 0 Å². The Bertz CT molecular complexity index is 904. The third-order valence-electron chi connectivity index (χ3n) is 3.62. The highest BCUT2D eigenvalue weighted by Crippen LogP contribution is 2.16. The van der Waals surface area contributed by atoms with Crippen molar-refractivity contribution in [2.24, 2.45) is 4.99 Å². The average molecular weight is 549 g/mol. The topological polar surface area (TPSA) is 66.6 Å². The van der Waals surface area contributed by atoms with Crippen LogP contribution in [0.2, 0.25) is 0 Å². The summed E-state index contributed by atoms with van der Waals surface area (Å²) >= 11 is 5.19. The Kier molecular flexibility index (Phi) is 7.84. The Hall–Kier alpha value is -1.20. The summed E-state index contributed by atoms with van der Waals surface area (Å²) in [6.07, 6.45) is 4.00. The molecule has 3 aromatic rings. The number of pyridine rings is 1. The zero-order valence-electron chi connectivity index (χ0n) is 14.9. The first-order valence-corrected chi connectivity index (χ1v) is 9.74. The number of imidazole rings is 1. The molecule has 0 saturated carbocycles. The van der Waals surface area contributed by atoms with E-state index in [1.165, 1.54) is 4.88 Å². The van der Waals surface area contributed by atoms with Gasteiger partial charge < -0.3 is 15.0 Å². The van der Waals surface area contributed by atoms with Crippen LogP contribution in [-0.4, -0.2) is 26.9 Å². The predicted molar refractivity (Wildman–Crippen MR) is 122 cm³/mol. The van der Waals surface area contributed by atoms with E-state index in [9.17, 15) is 0 Å². The molecule has 0 aromatic carbocycles. The number of aryl methyl sites for hydroxylation is 2. The Morgan fingerprint density at radius 2 is 2.04 bits per heavy atom. The predicted octanol–water partition coefficient (Wildman–Crippen LogP) is 4.04. The lowest BCUT2D eigenvalue weighted by Gasteiger charge is -2.10. The Morgan fingerprint density at radius 3 is 2.73 bits per heavy atom. The number of aromatic nitrogens is 3. The number of hydrogen-bond donors (Lipinski definition) is 2. The molecular formula is C17H22BrIN6S. The van der Waals surface area contributed by atoms with Gasteiger partial charge in [-0.25, -0.2) is 15.0 Å². The van der Waals surface area contributed by atoms with Gasteiger partial charge in [-0.2, -0.15) is 0 Å². The molecule has 2 N–H and O–H groups in total. The van der Waals surface area contributed by atoms with E-state index < -0.39 is 0 Å². The molecule has 3 rings (SSSR count). The quantitative estimate of drug-likeness (QED) is 0.287. The molecule has 3 heterocycles. The average Bonchev–Trinajstić information content (AvgIpc) is 3.11. The first-order valence-electron chi connectivity index (χ1n) is 8.13. The Morgan fingerprint density at radius 1 is 1.23 bits per heavy atom. The molecule has 0 bridgehead atoms. The molecule has 6 nitrogen and oxygen atoms in total. The number of hydrogen-bond acceptors (Lipinski definition) is 4. The van der Waals surface area contributed by atoms with E-state index >= 15 is 0 Å². The standard InChI is InChI=1S/C17H21BrN6S.HI/c1-4-19-17(21-8-15-11(2)22-12(3)25-15)20-7-14-10-24-9-13(18)5-6-16(24)23-14;/h5-6,9-10H,4,7-8H2,1-3H3,(H2,19,20,21);1H. The van der Waals surface area contributed by atoms with Crippen LogP contribution < -0.4 is 10.6 Å². The van der Waals surface area contributed by atoms with Gasteiger partial charge in [-0.15, -0.1) is 35.3 Å². The fourth-order valence-corrected chi connectivity index (χ4v) is 3.73. The molecule has 0 atom stereocenters. The Labute approximate surface area is 182 Å². The van der Waals surface area contributed by atoms with E-state index in [1.54, 1.807) is 11.3 Å². The largest absolute Gasteiger partial charge is 0.357 e. The molecule has 3 aromatic heterocycles. The first-order chi connectivity index (χ1) is 12.0. The number of thiazole rings is 1. The van der Waals surface area contributed by atoms with E-state index in [-0.39, 0.29) is 24.0 Å². The van der Waals surface area contributed by atoms with Crippen molar-refractivity contribution in [1.29, 1.82) is 0 Å². The fraction of sp³-hybridized carbons (Fsp3) is 0.353. The van der Waals surface area contributed by atoms with Crippen LogP contribution in [0.25, 0.3) is 5.65 Å². The lowest BCUT2D eigenvalue weighted by molar-refractivity contribution is 0.816. The summed E-state index contributed by atoms with van der Waals surface area (Å²) in [5.41, 5.74) is 2.93. The van der Waals surface area contributed by atoms with E-state index in [0.29, 0.717) is 6.54 Å². The maximum atomic E-state index is 4.64. The zero-order chi connectivity index (χ0) is 17.8. The number of guanidine groups is 1. The highest BCUT2D eigenvalue weighted by Gasteiger charge is 2.06. The molecule has 0 unspecified atom stereocenters. The van der Waals surface area contributed by atoms with Crippen molar-refractivity contribution in [1.82, 2.24) is 25.0 Å². The monoisotopic (exact) mass is 548 g/mol. The summed E-state index contributed by atoms with van der Waals surface area (Å²) in [6, 6.07) is 3.97. The van der Waals surface area contributed by atoms with Crippen molar-refractivity contribution in [2.75, 3.05) is 6.54 Å². The summed E-state index contributed by atoms with van der Waals surface area (Å²) < 4.78 is 3.02. The van der Waals surface area contributed by atoms with Crippen molar-refractivity contribution in [3.05, 3.63) is 50.3 Å². The lowest BCUT2D eigenvalue weighted by atomic mass is 10.4. The van der Waals surface area contributed by atoms with Crippen molar-refractivity contribution >= 4 is 62.9 Å². The molecule has 0 spiro atoms. The smallest absolute Gasteiger partial charge is 0.191 e. The fourth-order valence-electron chi connectivity index (χ4n) is 2.50. The van der Waals surface area contributed by atoms with Gasteiger partial charge in [-0.3, -0.25) is 0 Å². The molecule has 26 heavy (non-hydrogen) atoms. The minimum Gasteiger partial charge on any atom is -0.357 e. The third-order valence-corrected chi connectivity index (χ3v) is 5.17. The second-order valence-corrected chi connectivity index (χ2v) is 7.84. The number of aliphatic imine (C=N–C) groups is 1. The van der Waals surface area contributed by atoms with Crippen LogP contribution in [0.3, 0.4) is 0 Å². The molecule has 9 heteroatoms. The van der Waals surface area contributed by atoms with Crippen molar-refractivity contribution in [3.8, 4) is 0 Å². The Balaban J connectivity index is 0.00000243. The molecule has 140 valence electrons. The van der Waals surface area contributed by atoms with Gasteiger partial charge in [0.05, 0.1) is 29.5 Å². The third kappa shape index (κ3) is 5.40. The van der Waals surface area contributed by atoms with Crippen LogP contribution in [0.15, 0.2) is 34.0 Å². The van der Waals surface area contributed by atoms with Crippen LogP contribution in [0.1, 0.15) is 28.2 Å². The minimum absolute atomic E-state index is 0. The van der Waals surface area contributed by atoms with Crippen LogP contribution in [0.5, 0.6) is 0 Å². The normalized spacial score (nSPS) is 11.5. The summed E-state index contributed by atoms with van der Waals surface area (Å²) in [4.78, 5) is 14.9. The molecule has 0 aliphatic heterocycles. The van der Waals surface area contributed by atoms with Gasteiger partial charge in [0.1, 0.15) is 5.65 Å². The molecule has 0 aliphatic rings. The maximum absolute atomic E-state index is 4.64. The summed E-state index contributed by atoms with van der Waals surface area (Å²) in [6.45, 7) is 8.19. The van der Waals surface area contributed by atoms with Gasteiger partial charge in [0, 0.05) is 28.3 Å². The number of nitrogens with one attached hydrogen (secondary N) is 2. The second-order valence-electron chi connectivity index (χ2n) is 5.64. The van der Waals surface area contributed by atoms with Crippen LogP contribution in [0, 0.1) is 13.8 Å². The van der Waals surface area contributed by atoms with Gasteiger partial charge in [-0.05, 0) is 48.8 Å². The highest BCUT2D eigenvalue weighted by molar-refractivity contribution is 14.0. The molecule has 0 radical (unpaired) electrons. The second kappa shape index (κ2) is 9.65. The number of fused-ring (bicyclic) bond motifs is 1. The van der Waals surface area contributed by atoms with Crippen LogP contribution in [-0.2, 0) is 13.1 Å². The van der Waals surface area contributed by atoms with E-state index in [2.05, 4.69) is 48.4 Å². The van der Waals surface area contributed by atoms with E-state index in [1.807, 2.05) is 42.8 Å². The van der Waals surface area contributed by atoms with Gasteiger partial charge in [0.25, 0.3) is 0 Å². The summed E-state index contributed by atoms with van der Waals surface area (Å²) in [5.74, 6) is 0.784. The van der Waals surface area contributed by atoms with Crippen LogP contribution in [0.4, 0.5) is 0 Å². The lowest BCUT2D eigenvalue weighted by Crippen LogP contribution is -2.36. The molecule has 0 aliphatic carbocycles. The molecule has 0 saturated heterocycles. The SMILES string of the molecule is CCNC(=NCc1cn2cc(Br)ccc2n1)NCc1sc(C)nc1C.I. The minimum atomic E-state index is 0. The number of rotatable bonds is 5. The van der Waals surface area contributed by atoms with Gasteiger partial charge >= 0.3 is 0 Å². The van der Waals surface area contributed by atoms with E-state index in [0.717, 1.165) is 45.6 Å². The number of nitrogens with zero attached hydrogens (tertiary/aromatic N) is 4. The van der Waals surface area contributed by atoms with Crippen molar-refractivity contribution < 1.29 is 0 Å². The molecule has 0 fully saturated rings. The van der Waals surface area contributed by atoms with Gasteiger partial charge in [-0.1, -0.05) is 0 Å². The van der Waals surface area contributed by atoms with E-state index in [4.69, 9.17) is 0 Å². The summed E-state index contributed by atoms with van der Waals surface area (Å²) in [5, 5.41) is 7.73. The maximum Gasteiger partial charge on any atom is 0.191 e. The zero-order valence-corrected chi connectivity index (χ0v) is 19.6. The number of halogens is 2. The van der Waals surface area contributed by atoms with Gasteiger partial charge in [0.15, 0.2) is 5.96 Å². The molecule has 0 amide bonds. The van der Waals surface area contributed by atoms with Gasteiger partial charge in [0.2, 0.25) is 0 Å². The van der Waals surface area contributed by atoms with Crippen molar-refractivity contribution in [2.45, 2.75) is 33.9 Å². The molecular weight excluding hydrogens is 527 g/mol.